The molecule has 0 aromatic heterocycles. The van der Waals surface area contributed by atoms with Crippen LogP contribution in [0.3, 0.4) is 0 Å². The van der Waals surface area contributed by atoms with Gasteiger partial charge in [-0.05, 0) is 47.0 Å². The van der Waals surface area contributed by atoms with Crippen LogP contribution in [-0.4, -0.2) is 17.3 Å². The first kappa shape index (κ1) is 13.6. The van der Waals surface area contributed by atoms with Gasteiger partial charge in [0.2, 0.25) is 0 Å². The van der Waals surface area contributed by atoms with Gasteiger partial charge >= 0.3 is 0 Å². The van der Waals surface area contributed by atoms with Crippen molar-refractivity contribution in [2.24, 2.45) is 0 Å². The van der Waals surface area contributed by atoms with Crippen molar-refractivity contribution in [3.8, 4) is 0 Å². The monoisotopic (exact) mass is 289 g/mol. The van der Waals surface area contributed by atoms with Gasteiger partial charge in [0.15, 0.2) is 0 Å². The second-order valence-electron chi connectivity index (χ2n) is 4.20. The summed E-state index contributed by atoms with van der Waals surface area (Å²) < 4.78 is 13.7. The van der Waals surface area contributed by atoms with E-state index in [2.05, 4.69) is 21.2 Å². The van der Waals surface area contributed by atoms with E-state index in [0.29, 0.717) is 24.0 Å². The standard InChI is InChI=1S/C12H17BrFNO/c1-3-12(2,16)8-15-7-9-4-5-10(13)11(14)6-9/h4-6,15-16H,3,7-8H2,1-2H3. The Morgan fingerprint density at radius 1 is 1.50 bits per heavy atom. The van der Waals surface area contributed by atoms with Gasteiger partial charge in [0.05, 0.1) is 10.1 Å². The smallest absolute Gasteiger partial charge is 0.137 e. The second kappa shape index (κ2) is 5.75. The summed E-state index contributed by atoms with van der Waals surface area (Å²) in [7, 11) is 0. The zero-order valence-corrected chi connectivity index (χ0v) is 11.1. The number of halogens is 2. The Labute approximate surface area is 104 Å². The maximum Gasteiger partial charge on any atom is 0.137 e. The number of nitrogens with one attached hydrogen (secondary N) is 1. The quantitative estimate of drug-likeness (QED) is 0.874. The molecule has 0 aliphatic heterocycles. The van der Waals surface area contributed by atoms with E-state index in [1.807, 2.05) is 13.0 Å². The van der Waals surface area contributed by atoms with Gasteiger partial charge in [-0.2, -0.15) is 0 Å². The molecule has 1 aromatic carbocycles. The molecule has 2 N–H and O–H groups in total. The van der Waals surface area contributed by atoms with Crippen molar-refractivity contribution >= 4 is 15.9 Å². The van der Waals surface area contributed by atoms with Crippen molar-refractivity contribution in [1.82, 2.24) is 5.32 Å². The van der Waals surface area contributed by atoms with Crippen LogP contribution in [0.2, 0.25) is 0 Å². The van der Waals surface area contributed by atoms with E-state index in [9.17, 15) is 9.50 Å². The summed E-state index contributed by atoms with van der Waals surface area (Å²) in [5.41, 5.74) is 0.168. The van der Waals surface area contributed by atoms with E-state index in [4.69, 9.17) is 0 Å². The van der Waals surface area contributed by atoms with Crippen LogP contribution < -0.4 is 5.32 Å². The molecule has 0 saturated carbocycles. The van der Waals surface area contributed by atoms with Crippen LogP contribution in [0.5, 0.6) is 0 Å². The Morgan fingerprint density at radius 3 is 2.75 bits per heavy atom. The van der Waals surface area contributed by atoms with Crippen molar-refractivity contribution < 1.29 is 9.50 Å². The molecule has 0 radical (unpaired) electrons. The average molecular weight is 290 g/mol. The van der Waals surface area contributed by atoms with Crippen LogP contribution in [0.4, 0.5) is 4.39 Å². The molecule has 1 rings (SSSR count). The summed E-state index contributed by atoms with van der Waals surface area (Å²) in [6, 6.07) is 5.02. The average Bonchev–Trinajstić information content (AvgIpc) is 2.23. The van der Waals surface area contributed by atoms with E-state index in [0.717, 1.165) is 5.56 Å². The Morgan fingerprint density at radius 2 is 2.19 bits per heavy atom. The molecule has 0 heterocycles. The molecule has 0 aliphatic carbocycles. The normalized spacial score (nSPS) is 14.8. The van der Waals surface area contributed by atoms with Gasteiger partial charge in [-0.15, -0.1) is 0 Å². The largest absolute Gasteiger partial charge is 0.389 e. The highest BCUT2D eigenvalue weighted by molar-refractivity contribution is 9.10. The number of hydrogen-bond acceptors (Lipinski definition) is 2. The minimum absolute atomic E-state index is 0.262. The predicted molar refractivity (Wildman–Crippen MR) is 66.7 cm³/mol. The molecule has 90 valence electrons. The van der Waals surface area contributed by atoms with Crippen molar-refractivity contribution in [3.05, 3.63) is 34.1 Å². The molecule has 0 fully saturated rings. The summed E-state index contributed by atoms with van der Waals surface area (Å²) in [5.74, 6) is -0.262. The molecular weight excluding hydrogens is 273 g/mol. The predicted octanol–water partition coefficient (Wildman–Crippen LogP) is 2.84. The second-order valence-corrected chi connectivity index (χ2v) is 5.06. The highest BCUT2D eigenvalue weighted by atomic mass is 79.9. The number of hydrogen-bond donors (Lipinski definition) is 2. The zero-order valence-electron chi connectivity index (χ0n) is 9.56. The van der Waals surface area contributed by atoms with Gasteiger partial charge in [-0.3, -0.25) is 0 Å². The molecule has 2 nitrogen and oxygen atoms in total. The summed E-state index contributed by atoms with van der Waals surface area (Å²) in [6.45, 7) is 4.77. The highest BCUT2D eigenvalue weighted by Crippen LogP contribution is 2.16. The van der Waals surface area contributed by atoms with Crippen LogP contribution in [-0.2, 0) is 6.54 Å². The van der Waals surface area contributed by atoms with Crippen LogP contribution in [0.15, 0.2) is 22.7 Å². The maximum atomic E-state index is 13.2. The fraction of sp³-hybridized carbons (Fsp3) is 0.500. The number of benzene rings is 1. The Hall–Kier alpha value is -0.450. The highest BCUT2D eigenvalue weighted by Gasteiger charge is 2.16. The van der Waals surface area contributed by atoms with Gasteiger partial charge in [-0.25, -0.2) is 4.39 Å². The molecule has 0 amide bonds. The molecule has 4 heteroatoms. The first-order valence-corrected chi connectivity index (χ1v) is 6.11. The van der Waals surface area contributed by atoms with Gasteiger partial charge in [0.25, 0.3) is 0 Å². The van der Waals surface area contributed by atoms with E-state index in [-0.39, 0.29) is 5.82 Å². The lowest BCUT2D eigenvalue weighted by Crippen LogP contribution is -2.36. The molecule has 1 atom stereocenters. The van der Waals surface area contributed by atoms with Crippen molar-refractivity contribution in [2.45, 2.75) is 32.4 Å². The third kappa shape index (κ3) is 4.20. The minimum Gasteiger partial charge on any atom is -0.389 e. The van der Waals surface area contributed by atoms with Crippen molar-refractivity contribution in [3.63, 3.8) is 0 Å². The summed E-state index contributed by atoms with van der Waals surface area (Å²) in [6.07, 6.45) is 0.689. The molecule has 0 aliphatic rings. The van der Waals surface area contributed by atoms with Crippen LogP contribution in [0.1, 0.15) is 25.8 Å². The van der Waals surface area contributed by atoms with Gasteiger partial charge in [0.1, 0.15) is 5.82 Å². The van der Waals surface area contributed by atoms with Gasteiger partial charge in [-0.1, -0.05) is 13.0 Å². The fourth-order valence-corrected chi connectivity index (χ4v) is 1.50. The Balaban J connectivity index is 2.46. The van der Waals surface area contributed by atoms with E-state index >= 15 is 0 Å². The van der Waals surface area contributed by atoms with Crippen molar-refractivity contribution in [2.75, 3.05) is 6.54 Å². The van der Waals surface area contributed by atoms with E-state index in [1.54, 1.807) is 13.0 Å². The summed E-state index contributed by atoms with van der Waals surface area (Å²) in [4.78, 5) is 0. The van der Waals surface area contributed by atoms with Gasteiger partial charge in [0, 0.05) is 13.1 Å². The number of aliphatic hydroxyl groups is 1. The molecule has 0 saturated heterocycles. The molecule has 16 heavy (non-hydrogen) atoms. The van der Waals surface area contributed by atoms with Crippen LogP contribution in [0.25, 0.3) is 0 Å². The molecule has 0 bridgehead atoms. The third-order valence-corrected chi connectivity index (χ3v) is 3.22. The minimum atomic E-state index is -0.700. The Bertz CT molecular complexity index is 355. The number of rotatable bonds is 5. The lowest BCUT2D eigenvalue weighted by molar-refractivity contribution is 0.0555. The zero-order chi connectivity index (χ0) is 12.2. The maximum absolute atomic E-state index is 13.2. The van der Waals surface area contributed by atoms with Crippen LogP contribution >= 0.6 is 15.9 Å². The molecular formula is C12H17BrFNO. The lowest BCUT2D eigenvalue weighted by Gasteiger charge is -2.21. The Kier molecular flexibility index (Phi) is 4.89. The molecule has 0 spiro atoms. The first-order chi connectivity index (χ1) is 7.44. The first-order valence-electron chi connectivity index (χ1n) is 5.31. The topological polar surface area (TPSA) is 32.3 Å². The lowest BCUT2D eigenvalue weighted by atomic mass is 10.0. The van der Waals surface area contributed by atoms with Crippen molar-refractivity contribution in [1.29, 1.82) is 0 Å². The van der Waals surface area contributed by atoms with E-state index < -0.39 is 5.60 Å². The van der Waals surface area contributed by atoms with E-state index in [1.165, 1.54) is 6.07 Å². The van der Waals surface area contributed by atoms with Gasteiger partial charge < -0.3 is 10.4 Å². The summed E-state index contributed by atoms with van der Waals surface area (Å²) in [5, 5.41) is 12.9. The SMILES string of the molecule is CCC(C)(O)CNCc1ccc(Br)c(F)c1. The summed E-state index contributed by atoms with van der Waals surface area (Å²) >= 11 is 3.11. The van der Waals surface area contributed by atoms with Crippen LogP contribution in [0, 0.1) is 5.82 Å². The molecule has 1 unspecified atom stereocenters. The molecule has 1 aromatic rings. The third-order valence-electron chi connectivity index (χ3n) is 2.58. The fourth-order valence-electron chi connectivity index (χ4n) is 1.25.